The van der Waals surface area contributed by atoms with Gasteiger partial charge in [0.2, 0.25) is 0 Å². The quantitative estimate of drug-likeness (QED) is 0.809. The Kier molecular flexibility index (Phi) is 7.01. The highest BCUT2D eigenvalue weighted by Gasteiger charge is 2.19. The molecule has 1 unspecified atom stereocenters. The van der Waals surface area contributed by atoms with Gasteiger partial charge in [0.15, 0.2) is 0 Å². The van der Waals surface area contributed by atoms with Crippen LogP contribution in [0, 0.1) is 0 Å². The van der Waals surface area contributed by atoms with Crippen LogP contribution in [0.2, 0.25) is 0 Å². The minimum Gasteiger partial charge on any atom is -0.444 e. The van der Waals surface area contributed by atoms with E-state index in [9.17, 15) is 9.59 Å². The van der Waals surface area contributed by atoms with Crippen molar-refractivity contribution in [2.45, 2.75) is 59.1 Å². The van der Waals surface area contributed by atoms with Crippen molar-refractivity contribution in [2.75, 3.05) is 0 Å². The SMILES string of the molecule is C/C=C\c1cc(CC(C=O)NC(=O)OC(C)(C)C)ccc1CC. The van der Waals surface area contributed by atoms with Crippen LogP contribution in [0.4, 0.5) is 4.79 Å². The molecule has 1 aromatic carbocycles. The molecular formula is C19H27NO3. The van der Waals surface area contributed by atoms with Crippen LogP contribution in [0.25, 0.3) is 6.08 Å². The zero-order chi connectivity index (χ0) is 17.5. The molecule has 0 bridgehead atoms. The van der Waals surface area contributed by atoms with Crippen molar-refractivity contribution in [2.24, 2.45) is 0 Å². The molecule has 1 N–H and O–H groups in total. The number of carbonyl (C=O) groups excluding carboxylic acids is 2. The summed E-state index contributed by atoms with van der Waals surface area (Å²) in [5.74, 6) is 0. The predicted molar refractivity (Wildman–Crippen MR) is 93.5 cm³/mol. The lowest BCUT2D eigenvalue weighted by Gasteiger charge is -2.21. The molecule has 0 spiro atoms. The van der Waals surface area contributed by atoms with Crippen molar-refractivity contribution in [3.63, 3.8) is 0 Å². The van der Waals surface area contributed by atoms with Crippen molar-refractivity contribution in [3.05, 3.63) is 41.0 Å². The summed E-state index contributed by atoms with van der Waals surface area (Å²) in [4.78, 5) is 23.0. The molecule has 1 amide bonds. The molecule has 0 aliphatic heterocycles. The van der Waals surface area contributed by atoms with Gasteiger partial charge in [-0.15, -0.1) is 0 Å². The molecule has 0 saturated heterocycles. The predicted octanol–water partition coefficient (Wildman–Crippen LogP) is 3.92. The van der Waals surface area contributed by atoms with Gasteiger partial charge in [0.1, 0.15) is 11.9 Å². The lowest BCUT2D eigenvalue weighted by atomic mass is 9.98. The zero-order valence-corrected chi connectivity index (χ0v) is 14.7. The summed E-state index contributed by atoms with van der Waals surface area (Å²) in [6, 6.07) is 5.53. The van der Waals surface area contributed by atoms with Gasteiger partial charge in [-0.3, -0.25) is 0 Å². The van der Waals surface area contributed by atoms with Crippen LogP contribution < -0.4 is 5.32 Å². The first-order valence-electron chi connectivity index (χ1n) is 7.98. The number of carbonyl (C=O) groups is 2. The second-order valence-electron chi connectivity index (χ2n) is 6.48. The molecule has 1 atom stereocenters. The Hall–Kier alpha value is -2.10. The maximum Gasteiger partial charge on any atom is 0.408 e. The van der Waals surface area contributed by atoms with Crippen molar-refractivity contribution >= 4 is 18.5 Å². The fraction of sp³-hybridized carbons (Fsp3) is 0.474. The molecule has 1 aromatic rings. The molecule has 23 heavy (non-hydrogen) atoms. The van der Waals surface area contributed by atoms with Gasteiger partial charge >= 0.3 is 6.09 Å². The molecule has 0 heterocycles. The van der Waals surface area contributed by atoms with E-state index in [1.807, 2.05) is 19.1 Å². The van der Waals surface area contributed by atoms with Crippen molar-refractivity contribution in [1.29, 1.82) is 0 Å². The van der Waals surface area contributed by atoms with E-state index in [4.69, 9.17) is 4.74 Å². The normalized spacial score (nSPS) is 12.9. The number of rotatable bonds is 6. The first kappa shape index (κ1) is 18.9. The fourth-order valence-corrected chi connectivity index (χ4v) is 2.27. The number of hydrogen-bond acceptors (Lipinski definition) is 3. The molecule has 0 aliphatic rings. The number of amides is 1. The van der Waals surface area contributed by atoms with Gasteiger partial charge in [-0.1, -0.05) is 37.3 Å². The van der Waals surface area contributed by atoms with Crippen LogP contribution in [0.3, 0.4) is 0 Å². The largest absolute Gasteiger partial charge is 0.444 e. The molecule has 4 heteroatoms. The van der Waals surface area contributed by atoms with Crippen LogP contribution in [-0.2, 0) is 22.4 Å². The van der Waals surface area contributed by atoms with Crippen molar-refractivity contribution < 1.29 is 14.3 Å². The minimum atomic E-state index is -0.601. The highest BCUT2D eigenvalue weighted by atomic mass is 16.6. The van der Waals surface area contributed by atoms with Gasteiger partial charge in [-0.25, -0.2) is 4.79 Å². The van der Waals surface area contributed by atoms with Gasteiger partial charge < -0.3 is 14.8 Å². The van der Waals surface area contributed by atoms with Gasteiger partial charge in [0.05, 0.1) is 6.04 Å². The number of aryl methyl sites for hydroxylation is 1. The van der Waals surface area contributed by atoms with E-state index < -0.39 is 17.7 Å². The molecule has 0 fully saturated rings. The van der Waals surface area contributed by atoms with Crippen LogP contribution in [-0.4, -0.2) is 24.0 Å². The molecule has 126 valence electrons. The van der Waals surface area contributed by atoms with Gasteiger partial charge in [-0.05, 0) is 57.2 Å². The maximum absolute atomic E-state index is 11.8. The van der Waals surface area contributed by atoms with E-state index in [0.717, 1.165) is 23.8 Å². The third-order valence-corrected chi connectivity index (χ3v) is 3.26. The topological polar surface area (TPSA) is 55.4 Å². The summed E-state index contributed by atoms with van der Waals surface area (Å²) >= 11 is 0. The van der Waals surface area contributed by atoms with Crippen LogP contribution in [0.15, 0.2) is 24.3 Å². The van der Waals surface area contributed by atoms with Crippen LogP contribution >= 0.6 is 0 Å². The van der Waals surface area contributed by atoms with Crippen LogP contribution in [0.1, 0.15) is 51.3 Å². The minimum absolute atomic E-state index is 0.442. The summed E-state index contributed by atoms with van der Waals surface area (Å²) in [5.41, 5.74) is 2.83. The Labute approximate surface area is 138 Å². The van der Waals surface area contributed by atoms with E-state index in [1.165, 1.54) is 5.56 Å². The average molecular weight is 317 g/mol. The summed E-state index contributed by atoms with van der Waals surface area (Å²) < 4.78 is 5.19. The zero-order valence-electron chi connectivity index (χ0n) is 14.7. The molecule has 1 rings (SSSR count). The number of allylic oxidation sites excluding steroid dienone is 1. The highest BCUT2D eigenvalue weighted by Crippen LogP contribution is 2.16. The summed E-state index contributed by atoms with van der Waals surface area (Å²) in [6.07, 6.45) is 5.61. The molecule has 0 aromatic heterocycles. The Balaban J connectivity index is 2.81. The Morgan fingerprint density at radius 2 is 2.04 bits per heavy atom. The van der Waals surface area contributed by atoms with Crippen molar-refractivity contribution in [1.82, 2.24) is 5.32 Å². The van der Waals surface area contributed by atoms with Crippen molar-refractivity contribution in [3.8, 4) is 0 Å². The van der Waals surface area contributed by atoms with E-state index in [0.29, 0.717) is 6.42 Å². The Bertz CT molecular complexity index is 570. The molecule has 0 aliphatic carbocycles. The van der Waals surface area contributed by atoms with E-state index >= 15 is 0 Å². The molecular weight excluding hydrogens is 290 g/mol. The highest BCUT2D eigenvalue weighted by molar-refractivity contribution is 5.73. The lowest BCUT2D eigenvalue weighted by molar-refractivity contribution is -0.109. The van der Waals surface area contributed by atoms with Gasteiger partial charge in [0.25, 0.3) is 0 Å². The Morgan fingerprint density at radius 1 is 1.35 bits per heavy atom. The van der Waals surface area contributed by atoms with Gasteiger partial charge in [0, 0.05) is 0 Å². The number of hydrogen-bond donors (Lipinski definition) is 1. The third-order valence-electron chi connectivity index (χ3n) is 3.26. The Morgan fingerprint density at radius 3 is 2.57 bits per heavy atom. The van der Waals surface area contributed by atoms with Gasteiger partial charge in [-0.2, -0.15) is 0 Å². The summed E-state index contributed by atoms with van der Waals surface area (Å²) in [6.45, 7) is 9.45. The third kappa shape index (κ3) is 6.68. The monoisotopic (exact) mass is 317 g/mol. The standard InChI is InChI=1S/C19H27NO3/c1-6-8-16-11-14(9-10-15(16)7-2)12-17(13-21)20-18(22)23-19(3,4)5/h6,8-11,13,17H,7,12H2,1-5H3,(H,20,22)/b8-6-. The number of ether oxygens (including phenoxy) is 1. The number of nitrogens with one attached hydrogen (secondary N) is 1. The first-order valence-corrected chi connectivity index (χ1v) is 7.98. The van der Waals surface area contributed by atoms with Crippen LogP contribution in [0.5, 0.6) is 0 Å². The lowest BCUT2D eigenvalue weighted by Crippen LogP contribution is -2.41. The molecule has 0 radical (unpaired) electrons. The second kappa shape index (κ2) is 8.51. The number of alkyl carbamates (subject to hydrolysis) is 1. The second-order valence-corrected chi connectivity index (χ2v) is 6.48. The fourth-order valence-electron chi connectivity index (χ4n) is 2.27. The average Bonchev–Trinajstić information content (AvgIpc) is 2.45. The molecule has 4 nitrogen and oxygen atoms in total. The smallest absolute Gasteiger partial charge is 0.408 e. The number of aldehydes is 1. The summed E-state index contributed by atoms with van der Waals surface area (Å²) in [5, 5.41) is 2.60. The summed E-state index contributed by atoms with van der Waals surface area (Å²) in [7, 11) is 0. The maximum atomic E-state index is 11.8. The molecule has 0 saturated carbocycles. The van der Waals surface area contributed by atoms with E-state index in [-0.39, 0.29) is 0 Å². The van der Waals surface area contributed by atoms with E-state index in [1.54, 1.807) is 20.8 Å². The van der Waals surface area contributed by atoms with E-state index in [2.05, 4.69) is 30.4 Å². The number of benzene rings is 1. The first-order chi connectivity index (χ1) is 10.8.